The number of nitrogens with one attached hydrogen (secondary N) is 1. The topological polar surface area (TPSA) is 132 Å². The molecule has 154 valence electrons. The van der Waals surface area contributed by atoms with Crippen molar-refractivity contribution in [2.45, 2.75) is 26.3 Å². The fraction of sp³-hybridized carbons (Fsp3) is 0.250. The fourth-order valence-electron chi connectivity index (χ4n) is 3.39. The van der Waals surface area contributed by atoms with E-state index in [1.54, 1.807) is 35.1 Å². The minimum atomic E-state index is -0.988. The van der Waals surface area contributed by atoms with Gasteiger partial charge in [0.2, 0.25) is 5.95 Å². The summed E-state index contributed by atoms with van der Waals surface area (Å²) in [6.07, 6.45) is 3.69. The van der Waals surface area contributed by atoms with Crippen molar-refractivity contribution in [1.82, 2.24) is 24.7 Å². The summed E-state index contributed by atoms with van der Waals surface area (Å²) in [7, 11) is 0. The van der Waals surface area contributed by atoms with E-state index in [4.69, 9.17) is 5.73 Å². The SMILES string of the molecule is CCCCNc1nc(N)nc2c(Br)nn(Cc3ccc(C(=O)O)c4cccnc34)c12. The first kappa shape index (κ1) is 20.0. The first-order chi connectivity index (χ1) is 14.5. The van der Waals surface area contributed by atoms with Crippen molar-refractivity contribution in [2.24, 2.45) is 0 Å². The molecule has 0 spiro atoms. The van der Waals surface area contributed by atoms with E-state index in [0.29, 0.717) is 33.4 Å². The molecule has 0 saturated carbocycles. The number of rotatable bonds is 7. The number of benzene rings is 1. The Balaban J connectivity index is 1.83. The second-order valence-electron chi connectivity index (χ2n) is 6.83. The van der Waals surface area contributed by atoms with Crippen molar-refractivity contribution in [3.63, 3.8) is 0 Å². The van der Waals surface area contributed by atoms with Crippen molar-refractivity contribution >= 4 is 55.6 Å². The Morgan fingerprint density at radius 1 is 1.27 bits per heavy atom. The Kier molecular flexibility index (Phi) is 5.49. The summed E-state index contributed by atoms with van der Waals surface area (Å²) in [6, 6.07) is 6.85. The Hall–Kier alpha value is -3.27. The number of nitrogens with zero attached hydrogens (tertiary/aromatic N) is 5. The molecule has 0 aliphatic heterocycles. The maximum atomic E-state index is 11.6. The van der Waals surface area contributed by atoms with Crippen molar-refractivity contribution in [2.75, 3.05) is 17.6 Å². The van der Waals surface area contributed by atoms with Gasteiger partial charge in [-0.3, -0.25) is 9.67 Å². The van der Waals surface area contributed by atoms with Crippen LogP contribution in [0.5, 0.6) is 0 Å². The molecule has 0 radical (unpaired) electrons. The average molecular weight is 470 g/mol. The summed E-state index contributed by atoms with van der Waals surface area (Å²) in [4.78, 5) is 24.7. The highest BCUT2D eigenvalue weighted by atomic mass is 79.9. The van der Waals surface area contributed by atoms with E-state index < -0.39 is 5.97 Å². The molecule has 0 bridgehead atoms. The first-order valence-electron chi connectivity index (χ1n) is 9.53. The lowest BCUT2D eigenvalue weighted by Crippen LogP contribution is -2.10. The predicted molar refractivity (Wildman–Crippen MR) is 119 cm³/mol. The highest BCUT2D eigenvalue weighted by molar-refractivity contribution is 9.10. The summed E-state index contributed by atoms with van der Waals surface area (Å²) in [5.74, 6) is -0.207. The summed E-state index contributed by atoms with van der Waals surface area (Å²) in [5.41, 5.74) is 8.90. The molecule has 1 aromatic carbocycles. The largest absolute Gasteiger partial charge is 0.478 e. The third-order valence-corrected chi connectivity index (χ3v) is 5.32. The van der Waals surface area contributed by atoms with Crippen molar-refractivity contribution in [3.8, 4) is 0 Å². The lowest BCUT2D eigenvalue weighted by atomic mass is 10.0. The van der Waals surface area contributed by atoms with Crippen LogP contribution < -0.4 is 11.1 Å². The molecule has 0 aliphatic rings. The average Bonchev–Trinajstić information content (AvgIpc) is 3.03. The molecule has 0 unspecified atom stereocenters. The predicted octanol–water partition coefficient (Wildman–Crippen LogP) is 3.68. The standard InChI is InChI=1S/C20H20BrN7O2/c1-2-3-8-24-18-16-15(25-20(22)26-18)17(21)27-28(16)10-11-6-7-13(19(29)30)12-5-4-9-23-14(11)12/h4-7,9H,2-3,8,10H2,1H3,(H,29,30)(H3,22,24,25,26). The van der Waals surface area contributed by atoms with Crippen LogP contribution in [0.4, 0.5) is 11.8 Å². The van der Waals surface area contributed by atoms with Gasteiger partial charge in [-0.1, -0.05) is 25.5 Å². The molecule has 0 saturated heterocycles. The molecule has 0 fully saturated rings. The molecule has 4 aromatic rings. The lowest BCUT2D eigenvalue weighted by molar-refractivity contribution is 0.0699. The van der Waals surface area contributed by atoms with Crippen LogP contribution in [0.1, 0.15) is 35.7 Å². The number of aromatic carboxylic acids is 1. The van der Waals surface area contributed by atoms with E-state index >= 15 is 0 Å². The number of hydrogen-bond donors (Lipinski definition) is 3. The minimum absolute atomic E-state index is 0.166. The van der Waals surface area contributed by atoms with Gasteiger partial charge < -0.3 is 16.2 Å². The number of carbonyl (C=O) groups is 1. The fourth-order valence-corrected chi connectivity index (χ4v) is 3.86. The monoisotopic (exact) mass is 469 g/mol. The number of nitrogen functional groups attached to an aromatic ring is 1. The number of nitrogens with two attached hydrogens (primary N) is 1. The number of unbranched alkanes of at least 4 members (excludes halogenated alkanes) is 1. The number of carboxylic acid groups (broad SMARTS) is 1. The van der Waals surface area contributed by atoms with Crippen LogP contribution in [-0.2, 0) is 6.54 Å². The van der Waals surface area contributed by atoms with Gasteiger partial charge in [0, 0.05) is 18.1 Å². The van der Waals surface area contributed by atoms with Crippen LogP contribution in [0.25, 0.3) is 21.9 Å². The molecule has 0 atom stereocenters. The van der Waals surface area contributed by atoms with Gasteiger partial charge in [0.25, 0.3) is 0 Å². The zero-order valence-electron chi connectivity index (χ0n) is 16.3. The number of aromatic nitrogens is 5. The summed E-state index contributed by atoms with van der Waals surface area (Å²) in [5, 5.41) is 18.0. The summed E-state index contributed by atoms with van der Waals surface area (Å²) < 4.78 is 2.33. The van der Waals surface area contributed by atoms with Gasteiger partial charge in [-0.15, -0.1) is 0 Å². The highest BCUT2D eigenvalue weighted by Gasteiger charge is 2.19. The number of anilines is 2. The van der Waals surface area contributed by atoms with E-state index in [-0.39, 0.29) is 11.5 Å². The molecular weight excluding hydrogens is 450 g/mol. The summed E-state index contributed by atoms with van der Waals surface area (Å²) in [6.45, 7) is 3.24. The van der Waals surface area contributed by atoms with Crippen LogP contribution in [0, 0.1) is 0 Å². The number of carboxylic acids is 1. The number of hydrogen-bond acceptors (Lipinski definition) is 7. The van der Waals surface area contributed by atoms with Crippen molar-refractivity contribution in [3.05, 3.63) is 46.2 Å². The van der Waals surface area contributed by atoms with E-state index in [1.807, 2.05) is 0 Å². The van der Waals surface area contributed by atoms with Gasteiger partial charge in [0.15, 0.2) is 10.4 Å². The maximum absolute atomic E-state index is 11.6. The smallest absolute Gasteiger partial charge is 0.336 e. The third-order valence-electron chi connectivity index (χ3n) is 4.79. The van der Waals surface area contributed by atoms with E-state index in [1.165, 1.54) is 0 Å². The van der Waals surface area contributed by atoms with Crippen LogP contribution in [0.15, 0.2) is 35.1 Å². The Bertz CT molecular complexity index is 1260. The van der Waals surface area contributed by atoms with Gasteiger partial charge in [0.05, 0.1) is 17.6 Å². The first-order valence-corrected chi connectivity index (χ1v) is 10.3. The molecule has 0 amide bonds. The van der Waals surface area contributed by atoms with Crippen molar-refractivity contribution < 1.29 is 9.90 Å². The Morgan fingerprint density at radius 2 is 2.10 bits per heavy atom. The van der Waals surface area contributed by atoms with E-state index in [2.05, 4.69) is 48.2 Å². The second kappa shape index (κ2) is 8.23. The van der Waals surface area contributed by atoms with Crippen LogP contribution in [0.3, 0.4) is 0 Å². The number of halogens is 1. The normalized spacial score (nSPS) is 11.3. The van der Waals surface area contributed by atoms with Crippen LogP contribution in [0.2, 0.25) is 0 Å². The van der Waals surface area contributed by atoms with Crippen LogP contribution >= 0.6 is 15.9 Å². The van der Waals surface area contributed by atoms with E-state index in [0.717, 1.165) is 30.5 Å². The molecule has 9 nitrogen and oxygen atoms in total. The number of fused-ring (bicyclic) bond motifs is 2. The quantitative estimate of drug-likeness (QED) is 0.349. The Morgan fingerprint density at radius 3 is 2.87 bits per heavy atom. The molecule has 4 rings (SSSR count). The molecular formula is C20H20BrN7O2. The van der Waals surface area contributed by atoms with Gasteiger partial charge in [0.1, 0.15) is 11.0 Å². The zero-order valence-corrected chi connectivity index (χ0v) is 17.8. The molecule has 30 heavy (non-hydrogen) atoms. The molecule has 0 aliphatic carbocycles. The minimum Gasteiger partial charge on any atom is -0.478 e. The molecule has 3 aromatic heterocycles. The van der Waals surface area contributed by atoms with Crippen molar-refractivity contribution in [1.29, 1.82) is 0 Å². The molecule has 4 N–H and O–H groups in total. The zero-order chi connectivity index (χ0) is 21.3. The van der Waals surface area contributed by atoms with E-state index in [9.17, 15) is 9.90 Å². The third kappa shape index (κ3) is 3.65. The van der Waals surface area contributed by atoms with Gasteiger partial charge in [-0.2, -0.15) is 10.1 Å². The van der Waals surface area contributed by atoms with Crippen LogP contribution in [-0.4, -0.2) is 42.4 Å². The summed E-state index contributed by atoms with van der Waals surface area (Å²) >= 11 is 3.46. The molecule has 10 heteroatoms. The molecule has 3 heterocycles. The second-order valence-corrected chi connectivity index (χ2v) is 7.58. The highest BCUT2D eigenvalue weighted by Crippen LogP contribution is 2.29. The Labute approximate surface area is 180 Å². The lowest BCUT2D eigenvalue weighted by Gasteiger charge is -2.12. The maximum Gasteiger partial charge on any atom is 0.336 e. The van der Waals surface area contributed by atoms with Gasteiger partial charge >= 0.3 is 5.97 Å². The van der Waals surface area contributed by atoms with Gasteiger partial charge in [-0.05, 0) is 40.0 Å². The number of pyridine rings is 1. The van der Waals surface area contributed by atoms with Gasteiger partial charge in [-0.25, -0.2) is 9.78 Å².